The van der Waals surface area contributed by atoms with Crippen molar-refractivity contribution in [2.45, 2.75) is 27.2 Å². The Labute approximate surface area is 112 Å². The summed E-state index contributed by atoms with van der Waals surface area (Å²) in [6.45, 7) is 6.00. The first-order valence-corrected chi connectivity index (χ1v) is 6.19. The van der Waals surface area contributed by atoms with Crippen LogP contribution in [0.1, 0.15) is 22.4 Å². The number of hydrogen-bond donors (Lipinski definition) is 0. The van der Waals surface area contributed by atoms with Crippen LogP contribution in [-0.4, -0.2) is 4.57 Å². The molecule has 2 aromatic rings. The second-order valence-corrected chi connectivity index (χ2v) is 4.80. The fourth-order valence-electron chi connectivity index (χ4n) is 2.23. The van der Waals surface area contributed by atoms with Gasteiger partial charge in [-0.05, 0) is 32.4 Å². The Balaban J connectivity index is 2.65. The van der Waals surface area contributed by atoms with Crippen LogP contribution >= 0.6 is 0 Å². The number of aromatic nitrogens is 1. The summed E-state index contributed by atoms with van der Waals surface area (Å²) in [5.74, 6) is 0. The second-order valence-electron chi connectivity index (χ2n) is 4.80. The topological polar surface area (TPSA) is 45.8 Å². The Hall–Kier alpha value is -2.34. The minimum Gasteiger partial charge on any atom is -0.320 e. The van der Waals surface area contributed by atoms with Gasteiger partial charge >= 0.3 is 0 Å². The fraction of sp³-hybridized carbons (Fsp3) is 0.250. The molecule has 0 spiro atoms. The Morgan fingerprint density at radius 3 is 2.58 bits per heavy atom. The van der Waals surface area contributed by atoms with Crippen molar-refractivity contribution >= 4 is 0 Å². The van der Waals surface area contributed by atoms with Crippen LogP contribution in [0.2, 0.25) is 0 Å². The van der Waals surface area contributed by atoms with Gasteiger partial charge in [0.25, 0.3) is 0 Å². The molecular formula is C16H16N2O. The van der Waals surface area contributed by atoms with E-state index in [-0.39, 0.29) is 11.8 Å². The molecule has 1 heterocycles. The predicted octanol–water partition coefficient (Wildman–Crippen LogP) is 2.83. The molecule has 0 N–H and O–H groups in total. The zero-order valence-corrected chi connectivity index (χ0v) is 11.4. The number of nitrogens with zero attached hydrogens (tertiary/aromatic N) is 2. The molecule has 0 aliphatic carbocycles. The van der Waals surface area contributed by atoms with Crippen LogP contribution in [0.3, 0.4) is 0 Å². The Kier molecular flexibility index (Phi) is 3.52. The van der Waals surface area contributed by atoms with E-state index in [1.807, 2.05) is 36.6 Å². The average Bonchev–Trinajstić information content (AvgIpc) is 2.34. The van der Waals surface area contributed by atoms with Crippen LogP contribution in [0.25, 0.3) is 5.69 Å². The minimum atomic E-state index is -0.0694. The van der Waals surface area contributed by atoms with Gasteiger partial charge in [0.15, 0.2) is 5.43 Å². The maximum Gasteiger partial charge on any atom is 0.186 e. The van der Waals surface area contributed by atoms with Crippen LogP contribution in [0.15, 0.2) is 35.3 Å². The molecule has 3 nitrogen and oxygen atoms in total. The summed E-state index contributed by atoms with van der Waals surface area (Å²) in [4.78, 5) is 11.8. The van der Waals surface area contributed by atoms with Crippen molar-refractivity contribution in [2.75, 3.05) is 0 Å². The quantitative estimate of drug-likeness (QED) is 0.825. The summed E-state index contributed by atoms with van der Waals surface area (Å²) in [7, 11) is 0. The van der Waals surface area contributed by atoms with Crippen molar-refractivity contribution in [3.63, 3.8) is 0 Å². The maximum absolute atomic E-state index is 11.8. The van der Waals surface area contributed by atoms with Crippen molar-refractivity contribution in [1.82, 2.24) is 4.57 Å². The van der Waals surface area contributed by atoms with Crippen molar-refractivity contribution in [3.8, 4) is 11.8 Å². The monoisotopic (exact) mass is 252 g/mol. The lowest BCUT2D eigenvalue weighted by Gasteiger charge is -2.15. The van der Waals surface area contributed by atoms with Crippen LogP contribution < -0.4 is 5.43 Å². The SMILES string of the molecule is Cc1ccc(-n2cc(CC#N)c(=O)cc2C)c(C)c1. The maximum atomic E-state index is 11.8. The predicted molar refractivity (Wildman–Crippen MR) is 75.6 cm³/mol. The third-order valence-electron chi connectivity index (χ3n) is 3.20. The molecule has 0 unspecified atom stereocenters. The summed E-state index contributed by atoms with van der Waals surface area (Å²) >= 11 is 0. The highest BCUT2D eigenvalue weighted by molar-refractivity contribution is 5.44. The van der Waals surface area contributed by atoms with Gasteiger partial charge in [-0.1, -0.05) is 17.7 Å². The number of aryl methyl sites for hydroxylation is 3. The molecule has 0 aliphatic heterocycles. The van der Waals surface area contributed by atoms with E-state index in [1.54, 1.807) is 12.3 Å². The molecule has 0 aliphatic rings. The van der Waals surface area contributed by atoms with Gasteiger partial charge in [-0.3, -0.25) is 4.79 Å². The standard InChI is InChI=1S/C16H16N2O/c1-11-4-5-15(12(2)8-11)18-10-14(6-7-17)16(19)9-13(18)3/h4-5,8-10H,6H2,1-3H3. The summed E-state index contributed by atoms with van der Waals surface area (Å²) in [6.07, 6.45) is 1.92. The first-order chi connectivity index (χ1) is 9.02. The van der Waals surface area contributed by atoms with Crippen LogP contribution in [-0.2, 0) is 6.42 Å². The van der Waals surface area contributed by atoms with Gasteiger partial charge in [-0.2, -0.15) is 5.26 Å². The number of benzene rings is 1. The number of hydrogen-bond acceptors (Lipinski definition) is 2. The average molecular weight is 252 g/mol. The highest BCUT2D eigenvalue weighted by Gasteiger charge is 2.07. The Morgan fingerprint density at radius 2 is 1.95 bits per heavy atom. The Bertz CT molecular complexity index is 721. The van der Waals surface area contributed by atoms with Crippen molar-refractivity contribution in [3.05, 3.63) is 63.1 Å². The van der Waals surface area contributed by atoms with Crippen LogP contribution in [0.4, 0.5) is 0 Å². The van der Waals surface area contributed by atoms with E-state index in [0.29, 0.717) is 5.56 Å². The molecule has 3 heteroatoms. The normalized spacial score (nSPS) is 10.2. The molecule has 2 rings (SSSR count). The van der Waals surface area contributed by atoms with Gasteiger partial charge in [-0.15, -0.1) is 0 Å². The minimum absolute atomic E-state index is 0.0694. The zero-order valence-electron chi connectivity index (χ0n) is 11.4. The van der Waals surface area contributed by atoms with E-state index in [0.717, 1.165) is 16.9 Å². The summed E-state index contributed by atoms with van der Waals surface area (Å²) in [6, 6.07) is 9.82. The van der Waals surface area contributed by atoms with E-state index in [1.165, 1.54) is 5.56 Å². The van der Waals surface area contributed by atoms with E-state index in [4.69, 9.17) is 5.26 Å². The van der Waals surface area contributed by atoms with Crippen molar-refractivity contribution in [2.24, 2.45) is 0 Å². The smallest absolute Gasteiger partial charge is 0.186 e. The summed E-state index contributed by atoms with van der Waals surface area (Å²) in [5, 5.41) is 8.77. The molecule has 1 aromatic carbocycles. The van der Waals surface area contributed by atoms with Gasteiger partial charge in [0.1, 0.15) is 0 Å². The number of nitriles is 1. The molecule has 0 bridgehead atoms. The molecule has 96 valence electrons. The highest BCUT2D eigenvalue weighted by atomic mass is 16.1. The van der Waals surface area contributed by atoms with Gasteiger partial charge in [0.2, 0.25) is 0 Å². The lowest BCUT2D eigenvalue weighted by molar-refractivity contribution is 0.939. The van der Waals surface area contributed by atoms with Gasteiger partial charge in [-0.25, -0.2) is 0 Å². The first-order valence-electron chi connectivity index (χ1n) is 6.19. The van der Waals surface area contributed by atoms with E-state index < -0.39 is 0 Å². The molecule has 0 saturated carbocycles. The van der Waals surface area contributed by atoms with E-state index >= 15 is 0 Å². The molecule has 0 amide bonds. The third-order valence-corrected chi connectivity index (χ3v) is 3.20. The van der Waals surface area contributed by atoms with Crippen molar-refractivity contribution in [1.29, 1.82) is 5.26 Å². The third kappa shape index (κ3) is 2.58. The van der Waals surface area contributed by atoms with E-state index in [2.05, 4.69) is 13.0 Å². The second kappa shape index (κ2) is 5.11. The first kappa shape index (κ1) is 13.1. The van der Waals surface area contributed by atoms with Gasteiger partial charge in [0, 0.05) is 29.2 Å². The molecule has 1 aromatic heterocycles. The lowest BCUT2D eigenvalue weighted by atomic mass is 10.1. The van der Waals surface area contributed by atoms with Crippen molar-refractivity contribution < 1.29 is 0 Å². The van der Waals surface area contributed by atoms with Gasteiger partial charge < -0.3 is 4.57 Å². The van der Waals surface area contributed by atoms with Crippen LogP contribution in [0.5, 0.6) is 0 Å². The van der Waals surface area contributed by atoms with Crippen LogP contribution in [0, 0.1) is 32.1 Å². The van der Waals surface area contributed by atoms with Gasteiger partial charge in [0.05, 0.1) is 12.5 Å². The number of rotatable bonds is 2. The highest BCUT2D eigenvalue weighted by Crippen LogP contribution is 2.17. The summed E-state index contributed by atoms with van der Waals surface area (Å²) < 4.78 is 1.98. The zero-order chi connectivity index (χ0) is 14.0. The van der Waals surface area contributed by atoms with E-state index in [9.17, 15) is 4.79 Å². The number of pyridine rings is 1. The summed E-state index contributed by atoms with van der Waals surface area (Å²) in [5.41, 5.74) is 4.74. The lowest BCUT2D eigenvalue weighted by Crippen LogP contribution is -2.14. The molecule has 19 heavy (non-hydrogen) atoms. The molecule has 0 saturated heterocycles. The largest absolute Gasteiger partial charge is 0.320 e. The molecular weight excluding hydrogens is 236 g/mol. The fourth-order valence-corrected chi connectivity index (χ4v) is 2.23. The Morgan fingerprint density at radius 1 is 1.21 bits per heavy atom. The molecule has 0 fully saturated rings. The molecule has 0 atom stereocenters. The molecule has 0 radical (unpaired) electrons.